The maximum Gasteiger partial charge on any atom is 0.128 e. The quantitative estimate of drug-likeness (QED) is 0.826. The third-order valence-electron chi connectivity index (χ3n) is 2.52. The molecule has 2 aromatic carbocycles. The van der Waals surface area contributed by atoms with Crippen molar-refractivity contribution in [2.24, 2.45) is 4.99 Å². The molecule has 4 heteroatoms. The van der Waals surface area contributed by atoms with Gasteiger partial charge in [-0.25, -0.2) is 0 Å². The van der Waals surface area contributed by atoms with Crippen LogP contribution in [0.1, 0.15) is 12.5 Å². The lowest BCUT2D eigenvalue weighted by Crippen LogP contribution is -1.92. The van der Waals surface area contributed by atoms with Gasteiger partial charge in [0.15, 0.2) is 0 Å². The number of benzene rings is 2. The fourth-order valence-corrected chi connectivity index (χ4v) is 1.57. The molecule has 0 aliphatic heterocycles. The summed E-state index contributed by atoms with van der Waals surface area (Å²) in [5.74, 6) is 0.943. The number of rotatable bonds is 4. The number of nitrogens with zero attached hydrogens (tertiary/aromatic N) is 1. The molecule has 0 fully saturated rings. The van der Waals surface area contributed by atoms with E-state index in [-0.39, 0.29) is 11.5 Å². The van der Waals surface area contributed by atoms with Crippen molar-refractivity contribution in [1.82, 2.24) is 0 Å². The first-order chi connectivity index (χ1) is 9.19. The highest BCUT2D eigenvalue weighted by Crippen LogP contribution is 2.23. The van der Waals surface area contributed by atoms with Crippen molar-refractivity contribution in [3.05, 3.63) is 48.0 Å². The smallest absolute Gasteiger partial charge is 0.128 e. The van der Waals surface area contributed by atoms with E-state index < -0.39 is 0 Å². The lowest BCUT2D eigenvalue weighted by Gasteiger charge is -2.04. The third kappa shape index (κ3) is 3.48. The number of hydrogen-bond donors (Lipinski definition) is 2. The summed E-state index contributed by atoms with van der Waals surface area (Å²) in [6.45, 7) is 2.44. The first-order valence-corrected chi connectivity index (χ1v) is 5.98. The van der Waals surface area contributed by atoms with E-state index in [1.54, 1.807) is 48.7 Å². The molecule has 2 aromatic rings. The van der Waals surface area contributed by atoms with Gasteiger partial charge in [-0.05, 0) is 43.3 Å². The van der Waals surface area contributed by atoms with Crippen molar-refractivity contribution in [2.75, 3.05) is 6.61 Å². The van der Waals surface area contributed by atoms with E-state index in [1.165, 1.54) is 0 Å². The van der Waals surface area contributed by atoms with Crippen LogP contribution in [0.5, 0.6) is 17.2 Å². The monoisotopic (exact) mass is 257 g/mol. The van der Waals surface area contributed by atoms with Gasteiger partial charge in [0.1, 0.15) is 17.2 Å². The van der Waals surface area contributed by atoms with E-state index in [2.05, 4.69) is 4.99 Å². The van der Waals surface area contributed by atoms with Crippen LogP contribution in [0.2, 0.25) is 0 Å². The number of aromatic hydroxyl groups is 2. The Morgan fingerprint density at radius 1 is 1.11 bits per heavy atom. The normalized spacial score (nSPS) is 10.8. The van der Waals surface area contributed by atoms with Crippen LogP contribution in [0, 0.1) is 0 Å². The first kappa shape index (κ1) is 13.0. The number of phenols is 2. The molecule has 19 heavy (non-hydrogen) atoms. The predicted octanol–water partition coefficient (Wildman–Crippen LogP) is 3.25. The van der Waals surface area contributed by atoms with Gasteiger partial charge in [-0.3, -0.25) is 4.99 Å². The number of aliphatic imine (C=N–C) groups is 1. The van der Waals surface area contributed by atoms with Crippen molar-refractivity contribution >= 4 is 11.9 Å². The number of hydrogen-bond acceptors (Lipinski definition) is 4. The molecule has 0 atom stereocenters. The van der Waals surface area contributed by atoms with Gasteiger partial charge in [-0.2, -0.15) is 0 Å². The minimum Gasteiger partial charge on any atom is -0.508 e. The standard InChI is InChI=1S/C15H15NO3/c1-2-19-14-8-3-11(15(18)9-14)10-16-12-4-6-13(17)7-5-12/h3-10,17-18H,2H2,1H3. The molecule has 2 N–H and O–H groups in total. The average Bonchev–Trinajstić information content (AvgIpc) is 2.40. The Bertz CT molecular complexity index is 576. The zero-order chi connectivity index (χ0) is 13.7. The van der Waals surface area contributed by atoms with E-state index in [4.69, 9.17) is 9.84 Å². The van der Waals surface area contributed by atoms with Crippen molar-refractivity contribution < 1.29 is 14.9 Å². The van der Waals surface area contributed by atoms with Gasteiger partial charge in [0.05, 0.1) is 12.3 Å². The summed E-state index contributed by atoms with van der Waals surface area (Å²) >= 11 is 0. The molecular weight excluding hydrogens is 242 g/mol. The lowest BCUT2D eigenvalue weighted by molar-refractivity contribution is 0.337. The highest BCUT2D eigenvalue weighted by atomic mass is 16.5. The molecule has 0 amide bonds. The molecule has 0 unspecified atom stereocenters. The summed E-state index contributed by atoms with van der Waals surface area (Å²) < 4.78 is 5.29. The van der Waals surface area contributed by atoms with E-state index in [1.807, 2.05) is 6.92 Å². The molecule has 0 bridgehead atoms. The number of phenolic OH excluding ortho intramolecular Hbond substituents is 2. The highest BCUT2D eigenvalue weighted by molar-refractivity contribution is 5.85. The second-order valence-corrected chi connectivity index (χ2v) is 3.93. The van der Waals surface area contributed by atoms with Crippen LogP contribution < -0.4 is 4.74 Å². The van der Waals surface area contributed by atoms with Crippen LogP contribution in [-0.2, 0) is 0 Å². The van der Waals surface area contributed by atoms with Crippen LogP contribution in [-0.4, -0.2) is 23.0 Å². The zero-order valence-corrected chi connectivity index (χ0v) is 10.6. The molecule has 0 saturated carbocycles. The molecule has 0 radical (unpaired) electrons. The van der Waals surface area contributed by atoms with E-state index in [0.717, 1.165) is 0 Å². The zero-order valence-electron chi connectivity index (χ0n) is 10.6. The molecule has 98 valence electrons. The fourth-order valence-electron chi connectivity index (χ4n) is 1.57. The Kier molecular flexibility index (Phi) is 4.03. The fraction of sp³-hybridized carbons (Fsp3) is 0.133. The molecule has 0 aromatic heterocycles. The molecule has 4 nitrogen and oxygen atoms in total. The van der Waals surface area contributed by atoms with Gasteiger partial charge in [0.25, 0.3) is 0 Å². The lowest BCUT2D eigenvalue weighted by atomic mass is 10.2. The topological polar surface area (TPSA) is 62.0 Å². The van der Waals surface area contributed by atoms with E-state index in [0.29, 0.717) is 23.6 Å². The molecule has 0 aliphatic rings. The summed E-state index contributed by atoms with van der Waals surface area (Å²) in [6.07, 6.45) is 1.57. The van der Waals surface area contributed by atoms with Crippen LogP contribution in [0.25, 0.3) is 0 Å². The molecule has 0 saturated heterocycles. The van der Waals surface area contributed by atoms with Gasteiger partial charge in [0.2, 0.25) is 0 Å². The van der Waals surface area contributed by atoms with Crippen LogP contribution >= 0.6 is 0 Å². The molecule has 0 aliphatic carbocycles. The second-order valence-electron chi connectivity index (χ2n) is 3.93. The summed E-state index contributed by atoms with van der Waals surface area (Å²) in [5, 5.41) is 19.0. The van der Waals surface area contributed by atoms with Gasteiger partial charge in [-0.1, -0.05) is 0 Å². The maximum atomic E-state index is 9.83. The van der Waals surface area contributed by atoms with Crippen molar-refractivity contribution in [3.63, 3.8) is 0 Å². The van der Waals surface area contributed by atoms with Gasteiger partial charge < -0.3 is 14.9 Å². The highest BCUT2D eigenvalue weighted by Gasteiger charge is 2.01. The molecular formula is C15H15NO3. The second kappa shape index (κ2) is 5.91. The number of ether oxygens (including phenoxy) is 1. The van der Waals surface area contributed by atoms with E-state index in [9.17, 15) is 5.11 Å². The average molecular weight is 257 g/mol. The summed E-state index contributed by atoms with van der Waals surface area (Å²) in [7, 11) is 0. The third-order valence-corrected chi connectivity index (χ3v) is 2.52. The maximum absolute atomic E-state index is 9.83. The Balaban J connectivity index is 2.16. The Labute approximate surface area is 111 Å². The summed E-state index contributed by atoms with van der Waals surface area (Å²) in [4.78, 5) is 4.22. The Morgan fingerprint density at radius 2 is 1.84 bits per heavy atom. The minimum atomic E-state index is 0.119. The Hall–Kier alpha value is -2.49. The molecule has 2 rings (SSSR count). The Morgan fingerprint density at radius 3 is 2.47 bits per heavy atom. The van der Waals surface area contributed by atoms with E-state index >= 15 is 0 Å². The summed E-state index contributed by atoms with van der Waals surface area (Å²) in [5.41, 5.74) is 1.31. The van der Waals surface area contributed by atoms with Crippen molar-refractivity contribution in [1.29, 1.82) is 0 Å². The predicted molar refractivity (Wildman–Crippen MR) is 74.6 cm³/mol. The summed E-state index contributed by atoms with van der Waals surface area (Å²) in [6, 6.07) is 11.6. The molecule has 0 spiro atoms. The first-order valence-electron chi connectivity index (χ1n) is 5.98. The van der Waals surface area contributed by atoms with Gasteiger partial charge in [0, 0.05) is 17.8 Å². The van der Waals surface area contributed by atoms with Crippen LogP contribution in [0.3, 0.4) is 0 Å². The SMILES string of the molecule is CCOc1ccc(C=Nc2ccc(O)cc2)c(O)c1. The van der Waals surface area contributed by atoms with Crippen molar-refractivity contribution in [3.8, 4) is 17.2 Å². The minimum absolute atomic E-state index is 0.119. The van der Waals surface area contributed by atoms with Crippen molar-refractivity contribution in [2.45, 2.75) is 6.92 Å². The van der Waals surface area contributed by atoms with Crippen LogP contribution in [0.4, 0.5) is 5.69 Å². The van der Waals surface area contributed by atoms with Crippen LogP contribution in [0.15, 0.2) is 47.5 Å². The largest absolute Gasteiger partial charge is 0.508 e. The molecule has 0 heterocycles. The van der Waals surface area contributed by atoms with Gasteiger partial charge in [-0.15, -0.1) is 0 Å². The van der Waals surface area contributed by atoms with Gasteiger partial charge >= 0.3 is 0 Å².